The summed E-state index contributed by atoms with van der Waals surface area (Å²) in [5.74, 6) is 0. The van der Waals surface area contributed by atoms with Crippen LogP contribution in [0.5, 0.6) is 0 Å². The van der Waals surface area contributed by atoms with E-state index in [4.69, 9.17) is 0 Å². The summed E-state index contributed by atoms with van der Waals surface area (Å²) in [6.45, 7) is 0.284. The molecular formula is C31H25N9O2. The number of aromatic nitrogens is 9. The Bertz CT molecular complexity index is 2060. The molecule has 7 aromatic rings. The molecule has 0 aliphatic heterocycles. The van der Waals surface area contributed by atoms with Crippen LogP contribution in [-0.2, 0) is 6.54 Å². The van der Waals surface area contributed by atoms with E-state index in [-0.39, 0.29) is 25.1 Å². The molecule has 7 aromatic heterocycles. The quantitative estimate of drug-likeness (QED) is 0.336. The van der Waals surface area contributed by atoms with E-state index in [1.807, 2.05) is 66.7 Å². The van der Waals surface area contributed by atoms with Gasteiger partial charge in [-0.3, -0.25) is 34.5 Å². The molecule has 0 bridgehead atoms. The summed E-state index contributed by atoms with van der Waals surface area (Å²) in [7, 11) is 0. The Kier molecular flexibility index (Phi) is 8.19. The number of nitrogens with zero attached hydrogens (tertiary/aromatic N) is 8. The van der Waals surface area contributed by atoms with Crippen LogP contribution < -0.4 is 11.1 Å². The van der Waals surface area contributed by atoms with Gasteiger partial charge in [-0.25, -0.2) is 9.78 Å². The Balaban J connectivity index is 0.000000173. The fourth-order valence-corrected chi connectivity index (χ4v) is 4.25. The van der Waals surface area contributed by atoms with E-state index >= 15 is 0 Å². The van der Waals surface area contributed by atoms with Gasteiger partial charge in [0.1, 0.15) is 22.4 Å². The third kappa shape index (κ3) is 5.65. The summed E-state index contributed by atoms with van der Waals surface area (Å²) < 4.78 is 1.39. The number of nitrogens with one attached hydrogen (secondary N) is 1. The number of fused-ring (bicyclic) bond motifs is 2. The van der Waals surface area contributed by atoms with Crippen molar-refractivity contribution in [3.63, 3.8) is 0 Å². The van der Waals surface area contributed by atoms with Crippen molar-refractivity contribution < 1.29 is 0 Å². The number of pyridine rings is 5. The molecular weight excluding hydrogens is 530 g/mol. The fraction of sp³-hybridized carbons (Fsp3) is 0.0645. The van der Waals surface area contributed by atoms with Crippen LogP contribution in [0.25, 0.3) is 44.6 Å². The molecule has 11 heteroatoms. The Hall–Kier alpha value is -5.97. The van der Waals surface area contributed by atoms with Gasteiger partial charge in [0.05, 0.1) is 23.6 Å². The SMILES string of the molecule is C.O=c1[nH]nc(-c2ccccn2)c2cccnc12.O=c1c2ncccc2c(-c2ccccn2)nn1Cc1ccccn1. The zero-order valence-corrected chi connectivity index (χ0v) is 21.5. The monoisotopic (exact) mass is 555 g/mol. The van der Waals surface area contributed by atoms with Crippen LogP contribution in [0.15, 0.2) is 119 Å². The molecule has 0 aliphatic rings. The summed E-state index contributed by atoms with van der Waals surface area (Å²) in [6, 6.07) is 23.9. The maximum absolute atomic E-state index is 12.7. The summed E-state index contributed by atoms with van der Waals surface area (Å²) in [6.07, 6.45) is 8.27. The number of rotatable bonds is 4. The summed E-state index contributed by atoms with van der Waals surface area (Å²) in [4.78, 5) is 45.4. The van der Waals surface area contributed by atoms with Crippen LogP contribution in [0.1, 0.15) is 13.1 Å². The van der Waals surface area contributed by atoms with Gasteiger partial charge in [-0.15, -0.1) is 0 Å². The minimum Gasteiger partial charge on any atom is -0.266 e. The van der Waals surface area contributed by atoms with E-state index < -0.39 is 0 Å². The van der Waals surface area contributed by atoms with Gasteiger partial charge >= 0.3 is 0 Å². The standard InChI is InChI=1S/C18H13N5O.C12H8N4O.CH4/c24-18-17-14(7-5-11-21-17)16(15-8-2-4-10-20-15)22-23(18)12-13-6-1-3-9-19-13;17-12-11-8(4-3-7-14-11)10(15-16-12)9-5-1-2-6-13-9;/h1-11H,12H2;1-7H,(H,16,17);1H4. The van der Waals surface area contributed by atoms with Crippen molar-refractivity contribution in [2.45, 2.75) is 14.0 Å². The molecule has 7 rings (SSSR count). The molecule has 0 unspecified atom stereocenters. The summed E-state index contributed by atoms with van der Waals surface area (Å²) in [5, 5.41) is 12.4. The lowest BCUT2D eigenvalue weighted by atomic mass is 10.1. The number of hydrogen-bond donors (Lipinski definition) is 1. The van der Waals surface area contributed by atoms with Gasteiger partial charge < -0.3 is 0 Å². The summed E-state index contributed by atoms with van der Waals surface area (Å²) in [5.41, 5.74) is 3.66. The molecule has 7 heterocycles. The molecule has 1 N–H and O–H groups in total. The van der Waals surface area contributed by atoms with Gasteiger partial charge in [0, 0.05) is 41.8 Å². The molecule has 0 atom stereocenters. The highest BCUT2D eigenvalue weighted by molar-refractivity contribution is 5.91. The molecule has 0 fully saturated rings. The van der Waals surface area contributed by atoms with Crippen LogP contribution in [0.4, 0.5) is 0 Å². The van der Waals surface area contributed by atoms with Crippen LogP contribution >= 0.6 is 0 Å². The maximum Gasteiger partial charge on any atom is 0.293 e. The highest BCUT2D eigenvalue weighted by atomic mass is 16.1. The van der Waals surface area contributed by atoms with E-state index in [1.165, 1.54) is 4.68 Å². The van der Waals surface area contributed by atoms with Crippen molar-refractivity contribution in [3.05, 3.63) is 136 Å². The van der Waals surface area contributed by atoms with Crippen molar-refractivity contribution in [2.75, 3.05) is 0 Å². The zero-order chi connectivity index (χ0) is 28.0. The van der Waals surface area contributed by atoms with Crippen molar-refractivity contribution in [2.24, 2.45) is 0 Å². The average molecular weight is 556 g/mol. The lowest BCUT2D eigenvalue weighted by Gasteiger charge is -2.10. The van der Waals surface area contributed by atoms with E-state index in [2.05, 4.69) is 40.2 Å². The second-order valence-corrected chi connectivity index (χ2v) is 8.76. The topological polar surface area (TPSA) is 145 Å². The van der Waals surface area contributed by atoms with Crippen molar-refractivity contribution in [1.29, 1.82) is 0 Å². The molecule has 206 valence electrons. The highest BCUT2D eigenvalue weighted by Gasteiger charge is 2.14. The van der Waals surface area contributed by atoms with Gasteiger partial charge in [0.15, 0.2) is 0 Å². The Labute approximate surface area is 239 Å². The van der Waals surface area contributed by atoms with Gasteiger partial charge in [-0.1, -0.05) is 25.6 Å². The van der Waals surface area contributed by atoms with Crippen molar-refractivity contribution in [3.8, 4) is 22.8 Å². The van der Waals surface area contributed by atoms with Crippen molar-refractivity contribution in [1.82, 2.24) is 44.9 Å². The fourth-order valence-electron chi connectivity index (χ4n) is 4.25. The first-order valence-corrected chi connectivity index (χ1v) is 12.6. The molecule has 0 aliphatic carbocycles. The first kappa shape index (κ1) is 27.6. The number of H-pyrrole nitrogens is 1. The van der Waals surface area contributed by atoms with Gasteiger partial charge in [-0.05, 0) is 60.7 Å². The van der Waals surface area contributed by atoms with Gasteiger partial charge in [0.2, 0.25) is 0 Å². The first-order valence-electron chi connectivity index (χ1n) is 12.6. The van der Waals surface area contributed by atoms with Gasteiger partial charge in [-0.2, -0.15) is 10.2 Å². The minimum atomic E-state index is -0.291. The average Bonchev–Trinajstić information content (AvgIpc) is 3.04. The smallest absolute Gasteiger partial charge is 0.266 e. The lowest BCUT2D eigenvalue weighted by molar-refractivity contribution is 0.637. The molecule has 0 radical (unpaired) electrons. The molecule has 0 spiro atoms. The van der Waals surface area contributed by atoms with Crippen LogP contribution in [0.2, 0.25) is 0 Å². The van der Waals surface area contributed by atoms with Crippen LogP contribution in [0, 0.1) is 0 Å². The number of hydrogen-bond acceptors (Lipinski definition) is 9. The molecule has 0 aromatic carbocycles. The predicted molar refractivity (Wildman–Crippen MR) is 160 cm³/mol. The summed E-state index contributed by atoms with van der Waals surface area (Å²) >= 11 is 0. The molecule has 11 nitrogen and oxygen atoms in total. The van der Waals surface area contributed by atoms with E-state index in [0.29, 0.717) is 44.6 Å². The van der Waals surface area contributed by atoms with E-state index in [0.717, 1.165) is 5.69 Å². The normalized spacial score (nSPS) is 10.5. The van der Waals surface area contributed by atoms with Gasteiger partial charge in [0.25, 0.3) is 11.1 Å². The molecule has 0 saturated heterocycles. The lowest BCUT2D eigenvalue weighted by Crippen LogP contribution is -2.25. The second kappa shape index (κ2) is 12.5. The zero-order valence-electron chi connectivity index (χ0n) is 21.5. The third-order valence-corrected chi connectivity index (χ3v) is 6.12. The molecule has 0 amide bonds. The van der Waals surface area contributed by atoms with E-state index in [1.54, 1.807) is 43.1 Å². The highest BCUT2D eigenvalue weighted by Crippen LogP contribution is 2.22. The molecule has 42 heavy (non-hydrogen) atoms. The largest absolute Gasteiger partial charge is 0.293 e. The van der Waals surface area contributed by atoms with Crippen molar-refractivity contribution >= 4 is 21.8 Å². The minimum absolute atomic E-state index is 0. The Morgan fingerprint density at radius 2 is 1.17 bits per heavy atom. The van der Waals surface area contributed by atoms with Crippen LogP contribution in [-0.4, -0.2) is 44.9 Å². The second-order valence-electron chi connectivity index (χ2n) is 8.76. The predicted octanol–water partition coefficient (Wildman–Crippen LogP) is 4.31. The molecule has 0 saturated carbocycles. The Morgan fingerprint density at radius 3 is 1.79 bits per heavy atom. The first-order chi connectivity index (χ1) is 20.2. The third-order valence-electron chi connectivity index (χ3n) is 6.12. The maximum atomic E-state index is 12.7. The number of aromatic amines is 1. The van der Waals surface area contributed by atoms with Crippen LogP contribution in [0.3, 0.4) is 0 Å². The Morgan fingerprint density at radius 1 is 0.595 bits per heavy atom. The van der Waals surface area contributed by atoms with E-state index in [9.17, 15) is 9.59 Å².